The third-order valence-electron chi connectivity index (χ3n) is 6.35. The van der Waals surface area contributed by atoms with E-state index < -0.39 is 5.97 Å². The minimum Gasteiger partial charge on any atom is -0.497 e. The van der Waals surface area contributed by atoms with Crippen molar-refractivity contribution in [2.45, 2.75) is 43.7 Å². The van der Waals surface area contributed by atoms with Crippen molar-refractivity contribution in [1.82, 2.24) is 9.55 Å². The molecule has 0 unspecified atom stereocenters. The molecule has 0 aliphatic rings. The van der Waals surface area contributed by atoms with E-state index >= 15 is 0 Å². The number of unbranched alkanes of at least 4 members (excludes halogenated alkanes) is 4. The SMILES string of the molecule is COc1ccc(-c2nc(SCCCCCCCC(=O)O)n(-c3ccccc3)c2-c2ccc(OC)cc2)cc1. The van der Waals surface area contributed by atoms with E-state index in [0.717, 1.165) is 82.7 Å². The third kappa shape index (κ3) is 6.98. The number of methoxy groups -OCH3 is 2. The van der Waals surface area contributed by atoms with E-state index in [2.05, 4.69) is 41.0 Å². The highest BCUT2D eigenvalue weighted by Gasteiger charge is 2.22. The second kappa shape index (κ2) is 13.7. The molecule has 0 saturated heterocycles. The van der Waals surface area contributed by atoms with Crippen LogP contribution in [-0.4, -0.2) is 40.6 Å². The standard InChI is InChI=1S/C31H34N2O4S/c1-36-26-18-14-23(15-19-26)29-30(24-16-20-27(37-2)21-17-24)33(25-11-7-6-8-12-25)31(32-29)38-22-10-5-3-4-9-13-28(34)35/h6-8,11-12,14-21H,3-5,9-10,13,22H2,1-2H3,(H,34,35). The number of benzene rings is 3. The van der Waals surface area contributed by atoms with Gasteiger partial charge < -0.3 is 14.6 Å². The van der Waals surface area contributed by atoms with E-state index in [0.29, 0.717) is 0 Å². The lowest BCUT2D eigenvalue weighted by molar-refractivity contribution is -0.137. The normalized spacial score (nSPS) is 10.9. The summed E-state index contributed by atoms with van der Waals surface area (Å²) in [5.74, 6) is 1.84. The van der Waals surface area contributed by atoms with Crippen LogP contribution in [0.4, 0.5) is 0 Å². The molecule has 7 heteroatoms. The van der Waals surface area contributed by atoms with Crippen molar-refractivity contribution in [3.8, 4) is 39.7 Å². The first-order chi connectivity index (χ1) is 18.6. The highest BCUT2D eigenvalue weighted by Crippen LogP contribution is 2.39. The number of carbonyl (C=O) groups is 1. The largest absolute Gasteiger partial charge is 0.497 e. The zero-order valence-corrected chi connectivity index (χ0v) is 22.7. The van der Waals surface area contributed by atoms with Crippen LogP contribution in [0.3, 0.4) is 0 Å². The molecule has 0 radical (unpaired) electrons. The van der Waals surface area contributed by atoms with Gasteiger partial charge in [0.2, 0.25) is 0 Å². The second-order valence-electron chi connectivity index (χ2n) is 8.98. The number of nitrogens with zero attached hydrogens (tertiary/aromatic N) is 2. The van der Waals surface area contributed by atoms with Crippen LogP contribution < -0.4 is 9.47 Å². The Morgan fingerprint density at radius 1 is 0.789 bits per heavy atom. The molecule has 0 spiro atoms. The van der Waals surface area contributed by atoms with Crippen molar-refractivity contribution in [2.75, 3.05) is 20.0 Å². The van der Waals surface area contributed by atoms with Gasteiger partial charge in [-0.2, -0.15) is 0 Å². The lowest BCUT2D eigenvalue weighted by atomic mass is 10.0. The summed E-state index contributed by atoms with van der Waals surface area (Å²) < 4.78 is 13.0. The first-order valence-corrected chi connectivity index (χ1v) is 13.9. The summed E-state index contributed by atoms with van der Waals surface area (Å²) in [7, 11) is 3.34. The predicted molar refractivity (Wildman–Crippen MR) is 154 cm³/mol. The van der Waals surface area contributed by atoms with Gasteiger partial charge in [0.05, 0.1) is 25.6 Å². The Morgan fingerprint density at radius 3 is 1.97 bits per heavy atom. The number of thioether (sulfide) groups is 1. The molecular weight excluding hydrogens is 496 g/mol. The smallest absolute Gasteiger partial charge is 0.303 e. The van der Waals surface area contributed by atoms with Gasteiger partial charge in [-0.05, 0) is 73.5 Å². The predicted octanol–water partition coefficient (Wildman–Crippen LogP) is 7.74. The Morgan fingerprint density at radius 2 is 1.37 bits per heavy atom. The molecular formula is C31H34N2O4S. The van der Waals surface area contributed by atoms with Gasteiger partial charge in [-0.3, -0.25) is 9.36 Å². The molecule has 4 aromatic rings. The molecule has 1 N–H and O–H groups in total. The molecule has 0 saturated carbocycles. The van der Waals surface area contributed by atoms with Crippen molar-refractivity contribution in [2.24, 2.45) is 0 Å². The monoisotopic (exact) mass is 530 g/mol. The second-order valence-corrected chi connectivity index (χ2v) is 10.0. The van der Waals surface area contributed by atoms with Gasteiger partial charge in [-0.1, -0.05) is 49.2 Å². The highest BCUT2D eigenvalue weighted by atomic mass is 32.2. The van der Waals surface area contributed by atoms with Crippen LogP contribution in [0.2, 0.25) is 0 Å². The lowest BCUT2D eigenvalue weighted by Gasteiger charge is -2.14. The molecule has 38 heavy (non-hydrogen) atoms. The maximum atomic E-state index is 10.7. The zero-order valence-electron chi connectivity index (χ0n) is 21.9. The molecule has 0 amide bonds. The minimum absolute atomic E-state index is 0.255. The summed E-state index contributed by atoms with van der Waals surface area (Å²) in [6.07, 6.45) is 5.14. The molecule has 0 bridgehead atoms. The first-order valence-electron chi connectivity index (χ1n) is 12.9. The van der Waals surface area contributed by atoms with Gasteiger partial charge in [0.25, 0.3) is 0 Å². The highest BCUT2D eigenvalue weighted by molar-refractivity contribution is 7.99. The van der Waals surface area contributed by atoms with Gasteiger partial charge in [0, 0.05) is 29.0 Å². The van der Waals surface area contributed by atoms with Gasteiger partial charge in [-0.25, -0.2) is 4.98 Å². The van der Waals surface area contributed by atoms with E-state index in [4.69, 9.17) is 19.6 Å². The average Bonchev–Trinajstić information content (AvgIpc) is 3.34. The summed E-state index contributed by atoms with van der Waals surface area (Å²) >= 11 is 1.76. The van der Waals surface area contributed by atoms with Crippen molar-refractivity contribution >= 4 is 17.7 Å². The molecule has 4 rings (SSSR count). The number of imidazole rings is 1. The third-order valence-corrected chi connectivity index (χ3v) is 7.38. The number of ether oxygens (including phenoxy) is 2. The zero-order chi connectivity index (χ0) is 26.7. The molecule has 198 valence electrons. The quantitative estimate of drug-likeness (QED) is 0.133. The fourth-order valence-electron chi connectivity index (χ4n) is 4.35. The Hall–Kier alpha value is -3.71. The summed E-state index contributed by atoms with van der Waals surface area (Å²) in [5, 5.41) is 9.76. The van der Waals surface area contributed by atoms with Gasteiger partial charge in [-0.15, -0.1) is 0 Å². The van der Waals surface area contributed by atoms with Crippen LogP contribution in [0, 0.1) is 0 Å². The number of hydrogen-bond donors (Lipinski definition) is 1. The molecule has 0 aliphatic carbocycles. The van der Waals surface area contributed by atoms with Gasteiger partial charge in [0.15, 0.2) is 5.16 Å². The summed E-state index contributed by atoms with van der Waals surface area (Å²) in [6, 6.07) is 26.5. The molecule has 0 atom stereocenters. The van der Waals surface area contributed by atoms with Crippen LogP contribution in [0.25, 0.3) is 28.2 Å². The van der Waals surface area contributed by atoms with E-state index in [1.807, 2.05) is 42.5 Å². The van der Waals surface area contributed by atoms with Gasteiger partial charge in [0.1, 0.15) is 11.5 Å². The molecule has 0 aliphatic heterocycles. The molecule has 6 nitrogen and oxygen atoms in total. The fraction of sp³-hybridized carbons (Fsp3) is 0.290. The maximum absolute atomic E-state index is 10.7. The Labute approximate surface area is 228 Å². The Balaban J connectivity index is 1.67. The van der Waals surface area contributed by atoms with Crippen molar-refractivity contribution in [3.63, 3.8) is 0 Å². The number of carboxylic acid groups (broad SMARTS) is 1. The minimum atomic E-state index is -0.714. The Kier molecular flexibility index (Phi) is 9.87. The lowest BCUT2D eigenvalue weighted by Crippen LogP contribution is -2.00. The number of hydrogen-bond acceptors (Lipinski definition) is 5. The fourth-order valence-corrected chi connectivity index (χ4v) is 5.36. The number of aliphatic carboxylic acids is 1. The van der Waals surface area contributed by atoms with Crippen LogP contribution in [0.5, 0.6) is 11.5 Å². The van der Waals surface area contributed by atoms with E-state index in [1.165, 1.54) is 0 Å². The molecule has 1 aromatic heterocycles. The maximum Gasteiger partial charge on any atom is 0.303 e. The van der Waals surface area contributed by atoms with E-state index in [-0.39, 0.29) is 6.42 Å². The van der Waals surface area contributed by atoms with Crippen molar-refractivity contribution in [3.05, 3.63) is 78.9 Å². The topological polar surface area (TPSA) is 73.6 Å². The van der Waals surface area contributed by atoms with Crippen LogP contribution in [0.1, 0.15) is 38.5 Å². The molecule has 3 aromatic carbocycles. The van der Waals surface area contributed by atoms with Crippen LogP contribution >= 0.6 is 11.8 Å². The van der Waals surface area contributed by atoms with Crippen molar-refractivity contribution < 1.29 is 19.4 Å². The number of rotatable bonds is 14. The molecule has 0 fully saturated rings. The van der Waals surface area contributed by atoms with E-state index in [1.54, 1.807) is 26.0 Å². The molecule has 1 heterocycles. The number of carboxylic acids is 1. The summed E-state index contributed by atoms with van der Waals surface area (Å²) in [5.41, 5.74) is 5.07. The van der Waals surface area contributed by atoms with E-state index in [9.17, 15) is 4.79 Å². The van der Waals surface area contributed by atoms with Gasteiger partial charge >= 0.3 is 5.97 Å². The first kappa shape index (κ1) is 27.3. The summed E-state index contributed by atoms with van der Waals surface area (Å²) in [4.78, 5) is 15.9. The summed E-state index contributed by atoms with van der Waals surface area (Å²) in [6.45, 7) is 0. The number of para-hydroxylation sites is 1. The Bertz CT molecular complexity index is 1300. The number of aromatic nitrogens is 2. The average molecular weight is 531 g/mol. The van der Waals surface area contributed by atoms with Crippen molar-refractivity contribution in [1.29, 1.82) is 0 Å². The van der Waals surface area contributed by atoms with Crippen LogP contribution in [0.15, 0.2) is 84.0 Å². The van der Waals surface area contributed by atoms with Crippen LogP contribution in [-0.2, 0) is 4.79 Å².